The lowest BCUT2D eigenvalue weighted by molar-refractivity contribution is -0.131. The highest BCUT2D eigenvalue weighted by atomic mass is 32.1. The first kappa shape index (κ1) is 18.1. The standard InChI is InChI=1S/C19H28N4OS/c1-15-6-5-7-16(2)18(15)20-19(25)23-12-10-21(11-13-23)14-17(24)22-8-3-4-9-22/h5-7H,3-4,8-14H2,1-2H3,(H,20,25). The normalized spacial score (nSPS) is 18.5. The van der Waals surface area contributed by atoms with E-state index in [0.29, 0.717) is 6.54 Å². The van der Waals surface area contributed by atoms with E-state index in [-0.39, 0.29) is 5.91 Å². The summed E-state index contributed by atoms with van der Waals surface area (Å²) in [4.78, 5) is 18.7. The molecule has 2 heterocycles. The van der Waals surface area contributed by atoms with E-state index in [1.165, 1.54) is 11.1 Å². The molecule has 136 valence electrons. The minimum absolute atomic E-state index is 0.280. The SMILES string of the molecule is Cc1cccc(C)c1NC(=S)N1CCN(CC(=O)N2CCCC2)CC1. The average molecular weight is 361 g/mol. The third-order valence-corrected chi connectivity index (χ3v) is 5.55. The summed E-state index contributed by atoms with van der Waals surface area (Å²) in [5.74, 6) is 0.280. The summed E-state index contributed by atoms with van der Waals surface area (Å²) >= 11 is 5.61. The number of hydrogen-bond acceptors (Lipinski definition) is 3. The fourth-order valence-corrected chi connectivity index (χ4v) is 3.85. The molecule has 2 aliphatic heterocycles. The van der Waals surface area contributed by atoms with Crippen molar-refractivity contribution in [3.63, 3.8) is 0 Å². The van der Waals surface area contributed by atoms with E-state index in [1.54, 1.807) is 0 Å². The summed E-state index contributed by atoms with van der Waals surface area (Å²) in [6, 6.07) is 6.26. The molecule has 1 aromatic carbocycles. The highest BCUT2D eigenvalue weighted by Gasteiger charge is 2.24. The van der Waals surface area contributed by atoms with E-state index in [1.807, 2.05) is 4.90 Å². The monoisotopic (exact) mass is 360 g/mol. The van der Waals surface area contributed by atoms with E-state index in [9.17, 15) is 4.79 Å². The molecule has 2 aliphatic rings. The maximum absolute atomic E-state index is 12.3. The highest BCUT2D eigenvalue weighted by Crippen LogP contribution is 2.20. The smallest absolute Gasteiger partial charge is 0.236 e. The summed E-state index contributed by atoms with van der Waals surface area (Å²) in [5, 5.41) is 4.19. The van der Waals surface area contributed by atoms with Gasteiger partial charge in [0.2, 0.25) is 5.91 Å². The van der Waals surface area contributed by atoms with Gasteiger partial charge in [-0.3, -0.25) is 9.69 Å². The summed E-state index contributed by atoms with van der Waals surface area (Å²) in [5.41, 5.74) is 3.52. The Morgan fingerprint density at radius 3 is 2.20 bits per heavy atom. The molecule has 0 bridgehead atoms. The van der Waals surface area contributed by atoms with E-state index >= 15 is 0 Å². The van der Waals surface area contributed by atoms with Gasteiger partial charge in [-0.05, 0) is 50.0 Å². The molecule has 0 unspecified atom stereocenters. The van der Waals surface area contributed by atoms with Crippen molar-refractivity contribution in [2.75, 3.05) is 51.1 Å². The van der Waals surface area contributed by atoms with E-state index < -0.39 is 0 Å². The number of nitrogens with one attached hydrogen (secondary N) is 1. The predicted molar refractivity (Wildman–Crippen MR) is 106 cm³/mol. The summed E-state index contributed by atoms with van der Waals surface area (Å²) in [6.07, 6.45) is 2.30. The first-order valence-corrected chi connectivity index (χ1v) is 9.57. The predicted octanol–water partition coefficient (Wildman–Crippen LogP) is 2.24. The van der Waals surface area contributed by atoms with Crippen LogP contribution in [-0.2, 0) is 4.79 Å². The van der Waals surface area contributed by atoms with Crippen molar-refractivity contribution in [2.24, 2.45) is 0 Å². The molecule has 0 radical (unpaired) electrons. The van der Waals surface area contributed by atoms with Crippen LogP contribution in [-0.4, -0.2) is 71.5 Å². The fourth-order valence-electron chi connectivity index (χ4n) is 3.56. The first-order valence-electron chi connectivity index (χ1n) is 9.17. The number of rotatable bonds is 3. The Bertz CT molecular complexity index is 614. The zero-order valence-electron chi connectivity index (χ0n) is 15.3. The number of para-hydroxylation sites is 1. The molecule has 2 fully saturated rings. The average Bonchev–Trinajstić information content (AvgIpc) is 3.13. The molecule has 3 rings (SSSR count). The van der Waals surface area contributed by atoms with Gasteiger partial charge in [-0.1, -0.05) is 18.2 Å². The second kappa shape index (κ2) is 8.15. The van der Waals surface area contributed by atoms with Gasteiger partial charge in [0, 0.05) is 45.0 Å². The molecule has 2 saturated heterocycles. The second-order valence-corrected chi connectivity index (χ2v) is 7.43. The number of anilines is 1. The Hall–Kier alpha value is -1.66. The third-order valence-electron chi connectivity index (χ3n) is 5.19. The highest BCUT2D eigenvalue weighted by molar-refractivity contribution is 7.80. The van der Waals surface area contributed by atoms with Crippen molar-refractivity contribution in [2.45, 2.75) is 26.7 Å². The molecule has 1 amide bonds. The van der Waals surface area contributed by atoms with Crippen LogP contribution in [0.2, 0.25) is 0 Å². The zero-order valence-corrected chi connectivity index (χ0v) is 16.1. The van der Waals surface area contributed by atoms with Gasteiger partial charge in [-0.15, -0.1) is 0 Å². The van der Waals surface area contributed by atoms with E-state index in [2.05, 4.69) is 47.2 Å². The molecule has 1 aromatic rings. The van der Waals surface area contributed by atoms with Crippen LogP contribution < -0.4 is 5.32 Å². The summed E-state index contributed by atoms with van der Waals surface area (Å²) < 4.78 is 0. The van der Waals surface area contributed by atoms with Crippen LogP contribution in [0.1, 0.15) is 24.0 Å². The topological polar surface area (TPSA) is 38.8 Å². The Labute approximate surface area is 156 Å². The van der Waals surface area contributed by atoms with Crippen LogP contribution in [0.3, 0.4) is 0 Å². The molecule has 6 heteroatoms. The number of carbonyl (C=O) groups is 1. The molecule has 0 spiro atoms. The van der Waals surface area contributed by atoms with E-state index in [0.717, 1.165) is 62.9 Å². The van der Waals surface area contributed by atoms with Gasteiger partial charge in [-0.25, -0.2) is 0 Å². The quantitative estimate of drug-likeness (QED) is 0.837. The lowest BCUT2D eigenvalue weighted by Crippen LogP contribution is -2.52. The number of nitrogens with zero attached hydrogens (tertiary/aromatic N) is 3. The van der Waals surface area contributed by atoms with Crippen molar-refractivity contribution in [3.05, 3.63) is 29.3 Å². The molecule has 0 saturated carbocycles. The molecule has 1 N–H and O–H groups in total. The number of likely N-dealkylation sites (tertiary alicyclic amines) is 1. The number of benzene rings is 1. The Balaban J connectivity index is 1.48. The molecular formula is C19H28N4OS. The zero-order chi connectivity index (χ0) is 17.8. The molecule has 0 atom stereocenters. The van der Waals surface area contributed by atoms with Crippen LogP contribution >= 0.6 is 12.2 Å². The summed E-state index contributed by atoms with van der Waals surface area (Å²) in [6.45, 7) is 10.1. The van der Waals surface area contributed by atoms with Gasteiger partial charge >= 0.3 is 0 Å². The first-order chi connectivity index (χ1) is 12.0. The van der Waals surface area contributed by atoms with Crippen LogP contribution in [0, 0.1) is 13.8 Å². The Morgan fingerprint density at radius 2 is 1.60 bits per heavy atom. The van der Waals surface area contributed by atoms with Gasteiger partial charge in [-0.2, -0.15) is 0 Å². The van der Waals surface area contributed by atoms with Gasteiger partial charge in [0.15, 0.2) is 5.11 Å². The maximum Gasteiger partial charge on any atom is 0.236 e. The third kappa shape index (κ3) is 4.50. The number of aryl methyl sites for hydroxylation is 2. The number of piperazine rings is 1. The second-order valence-electron chi connectivity index (χ2n) is 7.05. The largest absolute Gasteiger partial charge is 0.346 e. The molecular weight excluding hydrogens is 332 g/mol. The van der Waals surface area contributed by atoms with Crippen LogP contribution in [0.4, 0.5) is 5.69 Å². The molecule has 0 aromatic heterocycles. The molecule has 5 nitrogen and oxygen atoms in total. The Morgan fingerprint density at radius 1 is 1.00 bits per heavy atom. The molecule has 0 aliphatic carbocycles. The van der Waals surface area contributed by atoms with Crippen molar-refractivity contribution in [1.82, 2.24) is 14.7 Å². The number of thiocarbonyl (C=S) groups is 1. The lowest BCUT2D eigenvalue weighted by atomic mass is 10.1. The number of amides is 1. The minimum Gasteiger partial charge on any atom is -0.346 e. The fraction of sp³-hybridized carbons (Fsp3) is 0.579. The van der Waals surface area contributed by atoms with Crippen molar-refractivity contribution in [3.8, 4) is 0 Å². The lowest BCUT2D eigenvalue weighted by Gasteiger charge is -2.36. The minimum atomic E-state index is 0.280. The van der Waals surface area contributed by atoms with Gasteiger partial charge in [0.25, 0.3) is 0 Å². The van der Waals surface area contributed by atoms with Crippen LogP contribution in [0.25, 0.3) is 0 Å². The van der Waals surface area contributed by atoms with Gasteiger partial charge in [0.1, 0.15) is 0 Å². The van der Waals surface area contributed by atoms with Crippen molar-refractivity contribution < 1.29 is 4.79 Å². The van der Waals surface area contributed by atoms with Crippen LogP contribution in [0.15, 0.2) is 18.2 Å². The number of carbonyl (C=O) groups excluding carboxylic acids is 1. The molecule has 25 heavy (non-hydrogen) atoms. The van der Waals surface area contributed by atoms with E-state index in [4.69, 9.17) is 12.2 Å². The van der Waals surface area contributed by atoms with Gasteiger partial charge < -0.3 is 15.1 Å². The van der Waals surface area contributed by atoms with Crippen LogP contribution in [0.5, 0.6) is 0 Å². The number of hydrogen-bond donors (Lipinski definition) is 1. The summed E-state index contributed by atoms with van der Waals surface area (Å²) in [7, 11) is 0. The van der Waals surface area contributed by atoms with Crippen molar-refractivity contribution in [1.29, 1.82) is 0 Å². The van der Waals surface area contributed by atoms with Gasteiger partial charge in [0.05, 0.1) is 6.54 Å². The van der Waals surface area contributed by atoms with Crippen molar-refractivity contribution >= 4 is 28.9 Å². The Kier molecular flexibility index (Phi) is 5.91. The maximum atomic E-state index is 12.3.